The zero-order valence-electron chi connectivity index (χ0n) is 89.0. The number of carbonyl (C=O) groups is 14. The van der Waals surface area contributed by atoms with Gasteiger partial charge < -0.3 is 54.0 Å². The summed E-state index contributed by atoms with van der Waals surface area (Å²) in [5.74, 6) is 24.2. The number of nitrogens with one attached hydrogen (secondary N) is 8. The summed E-state index contributed by atoms with van der Waals surface area (Å²) in [4.78, 5) is 185. The van der Waals surface area contributed by atoms with E-state index in [1.165, 1.54) is 0 Å². The molecule has 20 radical (unpaired) electrons. The lowest BCUT2D eigenvalue weighted by atomic mass is 8.68. The van der Waals surface area contributed by atoms with Crippen LogP contribution in [0.5, 0.6) is 0 Å². The van der Waals surface area contributed by atoms with Crippen molar-refractivity contribution in [2.45, 2.75) is 259 Å². The van der Waals surface area contributed by atoms with E-state index in [2.05, 4.69) is 114 Å². The lowest BCUT2D eigenvalue weighted by Gasteiger charge is -2.29. The number of ketones is 4. The summed E-state index contributed by atoms with van der Waals surface area (Å²) >= 11 is 0. The van der Waals surface area contributed by atoms with E-state index in [0.717, 1.165) is 125 Å². The highest BCUT2D eigenvalue weighted by Gasteiger charge is 2.38. The topological polar surface area (TPSA) is 387 Å². The minimum absolute atomic E-state index is 0. The van der Waals surface area contributed by atoms with Gasteiger partial charge in [-0.2, -0.15) is 0 Å². The fraction of sp³-hybridized carbons (Fsp3) is 0.471. The van der Waals surface area contributed by atoms with Gasteiger partial charge in [0.1, 0.15) is 36.3 Å². The van der Waals surface area contributed by atoms with E-state index < -0.39 is 157 Å². The van der Waals surface area contributed by atoms with E-state index in [1.807, 2.05) is 12.1 Å². The highest BCUT2D eigenvalue weighted by atomic mass is 16.2. The van der Waals surface area contributed by atoms with E-state index in [-0.39, 0.29) is 92.7 Å². The Morgan fingerprint density at radius 1 is 0.331 bits per heavy atom. The van der Waals surface area contributed by atoms with E-state index >= 15 is 0 Å². The molecular formula is C102H138B16N10O14. The first-order valence-corrected chi connectivity index (χ1v) is 48.0. The molecular weight excluding hydrogens is 1760 g/mol. The van der Waals surface area contributed by atoms with Gasteiger partial charge in [0.25, 0.3) is 0 Å². The van der Waals surface area contributed by atoms with Crippen molar-refractivity contribution in [1.82, 2.24) is 42.5 Å². The van der Waals surface area contributed by atoms with Crippen LogP contribution in [0.3, 0.4) is 0 Å². The summed E-state index contributed by atoms with van der Waals surface area (Å²) in [5.41, 5.74) is 14.6. The van der Waals surface area contributed by atoms with Gasteiger partial charge in [-0.3, -0.25) is 67.1 Å². The van der Waals surface area contributed by atoms with Crippen molar-refractivity contribution >= 4 is 198 Å². The number of primary amides is 2. The molecule has 2 heterocycles. The zero-order valence-corrected chi connectivity index (χ0v) is 81.0. The van der Waals surface area contributed by atoms with Crippen molar-refractivity contribution in [3.63, 3.8) is 0 Å². The van der Waals surface area contributed by atoms with Gasteiger partial charge in [-0.05, 0) is 186 Å². The van der Waals surface area contributed by atoms with Crippen LogP contribution in [0.15, 0.2) is 133 Å². The normalized spacial score (nSPS) is 20.1. The fourth-order valence-corrected chi connectivity index (χ4v) is 15.6. The molecule has 4 aliphatic carbocycles. The Hall–Kier alpha value is -11.9. The van der Waals surface area contributed by atoms with Gasteiger partial charge in [-0.15, -0.1) is 0 Å². The number of hydrogen-bond donors (Lipinski definition) is 10. The van der Waals surface area contributed by atoms with Crippen LogP contribution in [-0.2, 0) is 70.4 Å². The molecule has 0 aromatic heterocycles. The highest BCUT2D eigenvalue weighted by molar-refractivity contribution is 7.90. The predicted molar refractivity (Wildman–Crippen MR) is 593 cm³/mol. The Balaban J connectivity index is -0.00000104. The predicted octanol–water partition coefficient (Wildman–Crippen LogP) is 5.93. The van der Waals surface area contributed by atoms with Crippen molar-refractivity contribution in [2.75, 3.05) is 13.1 Å². The summed E-state index contributed by atoms with van der Waals surface area (Å²) in [6.45, 7) is 7.44. The average Bonchev–Trinajstić information content (AvgIpc) is 1.09. The number of rotatable bonds is 22. The van der Waals surface area contributed by atoms with Gasteiger partial charge in [0.2, 0.25) is 59.1 Å². The molecule has 4 saturated carbocycles. The smallest absolute Gasteiger partial charge is 0.244 e. The number of allylic oxidation sites excluding steroid dienone is 2. The fourth-order valence-electron chi connectivity index (χ4n) is 15.6. The number of amides is 10. The van der Waals surface area contributed by atoms with Crippen molar-refractivity contribution in [3.8, 4) is 71.0 Å². The molecule has 4 aromatic carbocycles. The largest absolute Gasteiger partial charge is 0.368 e. The van der Waals surface area contributed by atoms with E-state index in [9.17, 15) is 67.1 Å². The molecule has 4 fully saturated rings. The minimum atomic E-state index is -1.00. The standard InChI is InChI=1S/2C42H53N5O7.2C8H6.2CH4.2B8.6H2/c2*43-39(51)34-13-7-8-22-44-41(53)35(25-29-16-18-31(19-17-29)38(50)30-11-5-2-6-12-30)47-42(54)36(24-27-9-3-1-4-10-27)46-40(52)32(23-28-14-15-28)26-33(48)20-21-37(49)45-34;2*1-3-5-7-8-6-4-2;;;2*1-6(2)8(5)7(3)4;;;;;;/h2*2,5-6,11-12,16-21,27-28,32,34-36H,1,3-4,7-10,13-15,22-26H2,(H2,43,51)(H,44,53)(H,45,49)(H,46,52)(H,47,54);2*1-2H3;2*1H4;;;6*1H/t2*32-,34?,35?,36+;;;;;;;;;;;;/m11............/s1/i;;;;;;;;4*1+1D;2*1+1. The number of benzene rings is 4. The molecule has 4 aromatic rings. The van der Waals surface area contributed by atoms with E-state index in [0.29, 0.717) is 85.5 Å². The van der Waals surface area contributed by atoms with Gasteiger partial charge in [-0.1, -0.05) is 238 Å². The molecule has 12 N–H and O–H groups in total. The third-order valence-corrected chi connectivity index (χ3v) is 24.0. The van der Waals surface area contributed by atoms with Crippen LogP contribution in [0.25, 0.3) is 0 Å². The van der Waals surface area contributed by atoms with Crippen LogP contribution < -0.4 is 54.0 Å². The van der Waals surface area contributed by atoms with Gasteiger partial charge in [0, 0.05) is 215 Å². The molecule has 40 heteroatoms. The van der Waals surface area contributed by atoms with E-state index in [1.54, 1.807) is 125 Å². The van der Waals surface area contributed by atoms with Gasteiger partial charge in [0.05, 0.1) is 0 Å². The Morgan fingerprint density at radius 3 is 0.887 bits per heavy atom. The SMILES string of the molecule is C.C.CC#CC#CC#CC.CC#CC#CC#CC.NC(=O)C1CCCCNC(=O)C(Cc2ccc(C(=O)c3ccccc3)cc2)NC(=O)[C@H](CC2CCCCC2)NC(=O)[C@H](CC2CC2)CC(=O)C=CC(=O)N1.NC(=O)C1CCCCNC(=O)C(Cc2ccc(C(=O)c3ccccc3)cc2)NC(=O)[C@H](CC2CCCCC2)NC(=O)[C@H](CC2CC2)CC(=O)C=CC(=O)N1.[2HH].[2HH].[2H][2H].[2H][2H].[2H][2H].[2H][2H].[B]B([B])B([B])B([B])[B].[B]B([B])B([B])B([B])[B]. The number of carbonyl (C=O) groups excluding carboxylic acids is 14. The molecule has 142 heavy (non-hydrogen) atoms. The van der Waals surface area contributed by atoms with Gasteiger partial charge in [0.15, 0.2) is 23.1 Å². The van der Waals surface area contributed by atoms with Crippen LogP contribution in [0.1, 0.15) is 267 Å². The van der Waals surface area contributed by atoms with Crippen molar-refractivity contribution in [3.05, 3.63) is 167 Å². The first-order chi connectivity index (χ1) is 71.0. The first kappa shape index (κ1) is 117. The second-order valence-corrected chi connectivity index (χ2v) is 35.6. The minimum Gasteiger partial charge on any atom is -0.368 e. The summed E-state index contributed by atoms with van der Waals surface area (Å²) < 4.78 is 40.0. The average molecular weight is 1910 g/mol. The molecule has 24 nitrogen and oxygen atoms in total. The maximum atomic E-state index is 14.2. The third kappa shape index (κ3) is 50.7. The molecule has 0 saturated heterocycles. The second-order valence-electron chi connectivity index (χ2n) is 35.6. The molecule has 728 valence electrons. The summed E-state index contributed by atoms with van der Waals surface area (Å²) in [7, 11) is 51.6. The van der Waals surface area contributed by atoms with Crippen LogP contribution in [0.2, 0.25) is 0 Å². The molecule has 10 amide bonds. The molecule has 0 bridgehead atoms. The Morgan fingerprint density at radius 2 is 0.613 bits per heavy atom. The maximum Gasteiger partial charge on any atom is 0.244 e. The second kappa shape index (κ2) is 69.9. The van der Waals surface area contributed by atoms with Crippen LogP contribution in [0.4, 0.5) is 0 Å². The monoisotopic (exact) mass is 1910 g/mol. The van der Waals surface area contributed by atoms with Crippen LogP contribution >= 0.6 is 0 Å². The van der Waals surface area contributed by atoms with Crippen molar-refractivity contribution in [2.24, 2.45) is 47.0 Å². The van der Waals surface area contributed by atoms with Gasteiger partial charge >= 0.3 is 0 Å². The number of nitrogens with two attached hydrogens (primary N) is 2. The lowest BCUT2D eigenvalue weighted by molar-refractivity contribution is -0.134. The molecule has 8 atom stereocenters. The Bertz CT molecular complexity index is 4900. The van der Waals surface area contributed by atoms with Gasteiger partial charge in [-0.25, -0.2) is 0 Å². The Labute approximate surface area is 874 Å². The highest BCUT2D eigenvalue weighted by Crippen LogP contribution is 2.38. The van der Waals surface area contributed by atoms with Crippen molar-refractivity contribution in [1.29, 1.82) is 0 Å². The van der Waals surface area contributed by atoms with Crippen LogP contribution in [-0.4, -0.2) is 247 Å². The number of hydrogen-bond acceptors (Lipinski definition) is 14. The van der Waals surface area contributed by atoms with Crippen molar-refractivity contribution < 1.29 is 81.9 Å². The third-order valence-electron chi connectivity index (χ3n) is 24.0. The lowest BCUT2D eigenvalue weighted by Crippen LogP contribution is -2.55. The maximum absolute atomic E-state index is 14.2. The van der Waals surface area contributed by atoms with Crippen LogP contribution in [0, 0.1) is 107 Å². The first-order valence-electron chi connectivity index (χ1n) is 52.0. The molecule has 0 spiro atoms. The summed E-state index contributed by atoms with van der Waals surface area (Å²) in [5, 5.41) is 22.7. The summed E-state index contributed by atoms with van der Waals surface area (Å²) in [6, 6.07) is 25.9. The zero-order chi connectivity index (χ0) is 111. The quantitative estimate of drug-likeness (QED) is 0.0248. The van der Waals surface area contributed by atoms with E-state index in [4.69, 9.17) is 101 Å². The Kier molecular flexibility index (Phi) is 57.7. The summed E-state index contributed by atoms with van der Waals surface area (Å²) in [6.07, 6.45) is 18.8. The molecule has 2 aliphatic heterocycles. The molecule has 6 aliphatic rings. The molecule has 10 rings (SSSR count). The molecule has 4 unspecified atom stereocenters.